The minimum Gasteiger partial charge on any atom is -0.346 e. The molecule has 1 aromatic heterocycles. The monoisotopic (exact) mass is 380 g/mol. The van der Waals surface area contributed by atoms with Gasteiger partial charge in [-0.2, -0.15) is 0 Å². The van der Waals surface area contributed by atoms with Crippen molar-refractivity contribution >= 4 is 50.5 Å². The second kappa shape index (κ2) is 5.34. The quantitative estimate of drug-likeness (QED) is 0.827. The predicted octanol–water partition coefficient (Wildman–Crippen LogP) is 4.56. The van der Waals surface area contributed by atoms with Crippen molar-refractivity contribution in [1.29, 1.82) is 0 Å². The largest absolute Gasteiger partial charge is 0.346 e. The molecule has 1 aliphatic carbocycles. The Morgan fingerprint density at radius 2 is 2.00 bits per heavy atom. The van der Waals surface area contributed by atoms with Gasteiger partial charge in [-0.1, -0.05) is 29.3 Å². The fraction of sp³-hybridized carbons (Fsp3) is 0.500. The first-order valence-electron chi connectivity index (χ1n) is 8.52. The summed E-state index contributed by atoms with van der Waals surface area (Å²) in [6.45, 7) is 2.40. The first-order chi connectivity index (χ1) is 11.6. The molecule has 6 heteroatoms. The molecule has 24 heavy (non-hydrogen) atoms. The standard InChI is InChI=1S/C18H18Cl2N2OS/c19-12-2-1-11-9-13(24-15(11)14(12)20)17(23)21-16-10-3-7-22(8-4-10)18(16)5-6-18/h1-2,9-10,16H,3-8H2,(H,21,23). The van der Waals surface area contributed by atoms with E-state index in [0.29, 0.717) is 22.0 Å². The second-order valence-corrected chi connectivity index (χ2v) is 9.11. The molecular weight excluding hydrogens is 363 g/mol. The average molecular weight is 381 g/mol. The lowest BCUT2D eigenvalue weighted by atomic mass is 9.77. The van der Waals surface area contributed by atoms with E-state index < -0.39 is 0 Å². The second-order valence-electron chi connectivity index (χ2n) is 7.27. The maximum Gasteiger partial charge on any atom is 0.261 e. The summed E-state index contributed by atoms with van der Waals surface area (Å²) in [7, 11) is 0. The summed E-state index contributed by atoms with van der Waals surface area (Å²) in [6, 6.07) is 5.94. The number of thiophene rings is 1. The van der Waals surface area contributed by atoms with Crippen LogP contribution >= 0.6 is 34.5 Å². The van der Waals surface area contributed by atoms with E-state index in [2.05, 4.69) is 10.2 Å². The fourth-order valence-electron chi connectivity index (χ4n) is 4.69. The van der Waals surface area contributed by atoms with Crippen LogP contribution < -0.4 is 5.32 Å². The Balaban J connectivity index is 1.44. The molecule has 1 unspecified atom stereocenters. The van der Waals surface area contributed by atoms with Crippen LogP contribution in [-0.2, 0) is 0 Å². The minimum atomic E-state index is 0.0356. The molecule has 1 N–H and O–H groups in total. The van der Waals surface area contributed by atoms with Crippen LogP contribution in [0.3, 0.4) is 0 Å². The van der Waals surface area contributed by atoms with Crippen LogP contribution in [-0.4, -0.2) is 35.5 Å². The lowest BCUT2D eigenvalue weighted by Crippen LogP contribution is -2.65. The highest BCUT2D eigenvalue weighted by molar-refractivity contribution is 7.21. The summed E-state index contributed by atoms with van der Waals surface area (Å²) < 4.78 is 0.893. The maximum atomic E-state index is 12.9. The van der Waals surface area contributed by atoms with Crippen molar-refractivity contribution in [3.05, 3.63) is 33.1 Å². The van der Waals surface area contributed by atoms with E-state index >= 15 is 0 Å². The van der Waals surface area contributed by atoms with E-state index in [4.69, 9.17) is 23.2 Å². The molecule has 1 saturated carbocycles. The van der Waals surface area contributed by atoms with Crippen LogP contribution in [0, 0.1) is 5.92 Å². The molecule has 2 aromatic rings. The zero-order valence-electron chi connectivity index (χ0n) is 13.1. The molecular formula is C18H18Cl2N2OS. The summed E-state index contributed by atoms with van der Waals surface area (Å²) in [6.07, 6.45) is 4.87. The lowest BCUT2D eigenvalue weighted by Gasteiger charge is -2.52. The SMILES string of the molecule is O=C(NC1C2CCN(CC2)C12CC2)c1cc2ccc(Cl)c(Cl)c2s1. The Labute approximate surface area is 154 Å². The lowest BCUT2D eigenvalue weighted by molar-refractivity contribution is -0.00138. The normalized spacial score (nSPS) is 30.0. The Hall–Kier alpha value is -0.810. The molecule has 3 saturated heterocycles. The van der Waals surface area contributed by atoms with E-state index in [1.807, 2.05) is 12.1 Å². The topological polar surface area (TPSA) is 32.3 Å². The first kappa shape index (κ1) is 15.4. The van der Waals surface area contributed by atoms with Crippen molar-refractivity contribution in [2.24, 2.45) is 5.92 Å². The van der Waals surface area contributed by atoms with Gasteiger partial charge in [0.1, 0.15) is 0 Å². The molecule has 3 aliphatic heterocycles. The van der Waals surface area contributed by atoms with Crippen LogP contribution in [0.5, 0.6) is 0 Å². The van der Waals surface area contributed by atoms with Gasteiger partial charge in [0.15, 0.2) is 0 Å². The Morgan fingerprint density at radius 3 is 2.71 bits per heavy atom. The van der Waals surface area contributed by atoms with Gasteiger partial charge in [0.05, 0.1) is 25.7 Å². The number of fused-ring (bicyclic) bond motifs is 3. The number of nitrogens with one attached hydrogen (secondary N) is 1. The highest BCUT2D eigenvalue weighted by atomic mass is 35.5. The van der Waals surface area contributed by atoms with Crippen molar-refractivity contribution in [1.82, 2.24) is 10.2 Å². The maximum absolute atomic E-state index is 12.9. The van der Waals surface area contributed by atoms with E-state index in [0.717, 1.165) is 15.0 Å². The number of rotatable bonds is 2. The number of hydrogen-bond donors (Lipinski definition) is 1. The zero-order chi connectivity index (χ0) is 16.5. The zero-order valence-corrected chi connectivity index (χ0v) is 15.5. The van der Waals surface area contributed by atoms with E-state index in [1.54, 1.807) is 6.07 Å². The molecule has 4 fully saturated rings. The van der Waals surface area contributed by atoms with Gasteiger partial charge >= 0.3 is 0 Å². The van der Waals surface area contributed by atoms with Crippen LogP contribution in [0.2, 0.25) is 10.0 Å². The molecule has 126 valence electrons. The number of halogens is 2. The number of carbonyl (C=O) groups is 1. The first-order valence-corrected chi connectivity index (χ1v) is 10.1. The highest BCUT2D eigenvalue weighted by Gasteiger charge is 2.60. The molecule has 4 aliphatic rings. The van der Waals surface area contributed by atoms with Gasteiger partial charge in [0, 0.05) is 5.54 Å². The van der Waals surface area contributed by atoms with Gasteiger partial charge in [0.25, 0.3) is 5.91 Å². The molecule has 1 atom stereocenters. The van der Waals surface area contributed by atoms with Crippen molar-refractivity contribution in [3.63, 3.8) is 0 Å². The van der Waals surface area contributed by atoms with Gasteiger partial charge in [-0.3, -0.25) is 9.69 Å². The van der Waals surface area contributed by atoms with E-state index in [9.17, 15) is 4.79 Å². The third kappa shape index (κ3) is 2.16. The number of nitrogens with zero attached hydrogens (tertiary/aromatic N) is 1. The Kier molecular flexibility index (Phi) is 3.44. The molecule has 0 radical (unpaired) electrons. The third-order valence-corrected chi connectivity index (χ3v) is 8.15. The summed E-state index contributed by atoms with van der Waals surface area (Å²) in [5, 5.41) is 5.43. The molecule has 3 nitrogen and oxygen atoms in total. The molecule has 4 heterocycles. The van der Waals surface area contributed by atoms with Crippen molar-refractivity contribution in [2.75, 3.05) is 13.1 Å². The van der Waals surface area contributed by atoms with Gasteiger partial charge in [0.2, 0.25) is 0 Å². The highest BCUT2D eigenvalue weighted by Crippen LogP contribution is 2.53. The van der Waals surface area contributed by atoms with Crippen molar-refractivity contribution in [3.8, 4) is 0 Å². The average Bonchev–Trinajstić information content (AvgIpc) is 3.24. The number of piperidine rings is 3. The minimum absolute atomic E-state index is 0.0356. The number of hydrogen-bond acceptors (Lipinski definition) is 3. The fourth-order valence-corrected chi connectivity index (χ4v) is 6.19. The molecule has 1 spiro atoms. The summed E-state index contributed by atoms with van der Waals surface area (Å²) in [4.78, 5) is 16.2. The summed E-state index contributed by atoms with van der Waals surface area (Å²) >= 11 is 13.8. The van der Waals surface area contributed by atoms with Crippen LogP contribution in [0.1, 0.15) is 35.4 Å². The molecule has 2 bridgehead atoms. The molecule has 6 rings (SSSR count). The van der Waals surface area contributed by atoms with Gasteiger partial charge in [-0.05, 0) is 62.2 Å². The van der Waals surface area contributed by atoms with Crippen molar-refractivity contribution in [2.45, 2.75) is 37.3 Å². The van der Waals surface area contributed by atoms with Crippen LogP contribution in [0.15, 0.2) is 18.2 Å². The molecule has 1 aromatic carbocycles. The summed E-state index contributed by atoms with van der Waals surface area (Å²) in [5.41, 5.74) is 0.258. The van der Waals surface area contributed by atoms with Gasteiger partial charge < -0.3 is 5.32 Å². The number of benzene rings is 1. The number of carbonyl (C=O) groups excluding carboxylic acids is 1. The summed E-state index contributed by atoms with van der Waals surface area (Å²) in [5.74, 6) is 0.669. The smallest absolute Gasteiger partial charge is 0.261 e. The van der Waals surface area contributed by atoms with Gasteiger partial charge in [-0.25, -0.2) is 0 Å². The third-order valence-electron chi connectivity index (χ3n) is 6.07. The van der Waals surface area contributed by atoms with Gasteiger partial charge in [-0.15, -0.1) is 11.3 Å². The number of amides is 1. The predicted molar refractivity (Wildman–Crippen MR) is 99.4 cm³/mol. The van der Waals surface area contributed by atoms with Crippen LogP contribution in [0.25, 0.3) is 10.1 Å². The van der Waals surface area contributed by atoms with Crippen LogP contribution in [0.4, 0.5) is 0 Å². The van der Waals surface area contributed by atoms with E-state index in [-0.39, 0.29) is 11.4 Å². The molecule has 1 amide bonds. The Morgan fingerprint density at radius 1 is 1.25 bits per heavy atom. The Bertz CT molecular complexity index is 837. The van der Waals surface area contributed by atoms with Crippen molar-refractivity contribution < 1.29 is 4.79 Å². The van der Waals surface area contributed by atoms with E-state index in [1.165, 1.54) is 50.1 Å².